The molecule has 7 heteroatoms. The highest BCUT2D eigenvalue weighted by Crippen LogP contribution is 2.40. The molecule has 0 saturated heterocycles. The fourth-order valence-electron chi connectivity index (χ4n) is 3.45. The summed E-state index contributed by atoms with van der Waals surface area (Å²) in [6.07, 6.45) is 7.02. The van der Waals surface area contributed by atoms with Crippen molar-refractivity contribution in [3.63, 3.8) is 0 Å². The fourth-order valence-corrected chi connectivity index (χ4v) is 5.11. The van der Waals surface area contributed by atoms with Crippen LogP contribution in [0.25, 0.3) is 6.08 Å². The fraction of sp³-hybridized carbons (Fsp3) is 0.364. The van der Waals surface area contributed by atoms with E-state index in [1.54, 1.807) is 31.2 Å². The van der Waals surface area contributed by atoms with Crippen LogP contribution in [-0.4, -0.2) is 18.5 Å². The lowest BCUT2D eigenvalue weighted by Crippen LogP contribution is -2.16. The third kappa shape index (κ3) is 5.21. The number of anilines is 1. The highest BCUT2D eigenvalue weighted by Gasteiger charge is 2.29. The first-order valence-electron chi connectivity index (χ1n) is 9.68. The molecule has 0 saturated carbocycles. The van der Waals surface area contributed by atoms with E-state index in [4.69, 9.17) is 27.9 Å². The van der Waals surface area contributed by atoms with Gasteiger partial charge >= 0.3 is 5.97 Å². The number of fused-ring (bicyclic) bond motifs is 1. The van der Waals surface area contributed by atoms with Crippen molar-refractivity contribution in [3.8, 4) is 0 Å². The van der Waals surface area contributed by atoms with E-state index in [-0.39, 0.29) is 11.9 Å². The van der Waals surface area contributed by atoms with Crippen molar-refractivity contribution in [1.82, 2.24) is 0 Å². The second kappa shape index (κ2) is 9.79. The van der Waals surface area contributed by atoms with Crippen molar-refractivity contribution < 1.29 is 14.3 Å². The SMILES string of the molecule is CCOC(=O)c1c(NC(=O)/C=C\c2ccc(Cl)c(Cl)c2)sc2c1CC[C@H](CC)C2. The Morgan fingerprint density at radius 2 is 2.07 bits per heavy atom. The van der Waals surface area contributed by atoms with Gasteiger partial charge in [-0.05, 0) is 61.4 Å². The van der Waals surface area contributed by atoms with Gasteiger partial charge in [0.15, 0.2) is 0 Å². The van der Waals surface area contributed by atoms with Gasteiger partial charge in [-0.3, -0.25) is 4.79 Å². The maximum absolute atomic E-state index is 12.6. The Bertz CT molecular complexity index is 952. The van der Waals surface area contributed by atoms with E-state index in [0.29, 0.717) is 33.1 Å². The molecule has 1 aliphatic rings. The van der Waals surface area contributed by atoms with E-state index in [9.17, 15) is 9.59 Å². The van der Waals surface area contributed by atoms with E-state index < -0.39 is 0 Å². The molecule has 2 aromatic rings. The number of carbonyl (C=O) groups excluding carboxylic acids is 2. The summed E-state index contributed by atoms with van der Waals surface area (Å²) in [5, 5.41) is 4.32. The van der Waals surface area contributed by atoms with Crippen LogP contribution in [0, 0.1) is 5.92 Å². The van der Waals surface area contributed by atoms with Gasteiger partial charge in [0, 0.05) is 11.0 Å². The molecular weight excluding hydrogens is 429 g/mol. The lowest BCUT2D eigenvalue weighted by Gasteiger charge is -2.20. The Labute approximate surface area is 184 Å². The quantitative estimate of drug-likeness (QED) is 0.408. The van der Waals surface area contributed by atoms with E-state index in [1.807, 2.05) is 0 Å². The van der Waals surface area contributed by atoms with Crippen LogP contribution in [0.2, 0.25) is 10.0 Å². The molecule has 0 aliphatic heterocycles. The van der Waals surface area contributed by atoms with Gasteiger partial charge in [-0.2, -0.15) is 0 Å². The molecule has 3 rings (SSSR count). The first-order valence-corrected chi connectivity index (χ1v) is 11.3. The van der Waals surface area contributed by atoms with Gasteiger partial charge < -0.3 is 10.1 Å². The first kappa shape index (κ1) is 21.9. The first-order chi connectivity index (χ1) is 13.9. The normalized spacial score (nSPS) is 15.9. The van der Waals surface area contributed by atoms with Gasteiger partial charge in [0.25, 0.3) is 0 Å². The minimum absolute atomic E-state index is 0.297. The molecule has 4 nitrogen and oxygen atoms in total. The van der Waals surface area contributed by atoms with Crippen molar-refractivity contribution in [2.45, 2.75) is 39.5 Å². The number of thiophene rings is 1. The van der Waals surface area contributed by atoms with Crippen molar-refractivity contribution >= 4 is 57.5 Å². The Morgan fingerprint density at radius 1 is 1.28 bits per heavy atom. The zero-order valence-corrected chi connectivity index (χ0v) is 18.7. The van der Waals surface area contributed by atoms with Crippen LogP contribution in [0.1, 0.15) is 53.1 Å². The number of carbonyl (C=O) groups is 2. The van der Waals surface area contributed by atoms with Crippen LogP contribution in [0.15, 0.2) is 24.3 Å². The van der Waals surface area contributed by atoms with Crippen LogP contribution in [0.4, 0.5) is 5.00 Å². The topological polar surface area (TPSA) is 55.4 Å². The van der Waals surface area contributed by atoms with E-state index in [1.165, 1.54) is 22.3 Å². The monoisotopic (exact) mass is 451 g/mol. The Hall–Kier alpha value is -1.82. The lowest BCUT2D eigenvalue weighted by molar-refractivity contribution is -0.111. The number of benzene rings is 1. The molecule has 1 aromatic heterocycles. The summed E-state index contributed by atoms with van der Waals surface area (Å²) in [6.45, 7) is 4.26. The molecule has 29 heavy (non-hydrogen) atoms. The van der Waals surface area contributed by atoms with Crippen LogP contribution < -0.4 is 5.32 Å². The molecule has 1 atom stereocenters. The Kier molecular flexibility index (Phi) is 7.38. The number of rotatable bonds is 6. The number of ether oxygens (including phenoxy) is 1. The smallest absolute Gasteiger partial charge is 0.341 e. The number of hydrogen-bond donors (Lipinski definition) is 1. The number of amides is 1. The van der Waals surface area contributed by atoms with Crippen molar-refractivity contribution in [1.29, 1.82) is 0 Å². The van der Waals surface area contributed by atoms with Gasteiger partial charge in [-0.25, -0.2) is 4.79 Å². The minimum atomic E-state index is -0.372. The zero-order chi connectivity index (χ0) is 21.0. The summed E-state index contributed by atoms with van der Waals surface area (Å²) >= 11 is 13.4. The van der Waals surface area contributed by atoms with Crippen LogP contribution in [-0.2, 0) is 22.4 Å². The molecule has 154 valence electrons. The van der Waals surface area contributed by atoms with Gasteiger partial charge in [-0.15, -0.1) is 11.3 Å². The largest absolute Gasteiger partial charge is 0.462 e. The minimum Gasteiger partial charge on any atom is -0.462 e. The summed E-state index contributed by atoms with van der Waals surface area (Å²) in [4.78, 5) is 26.2. The predicted molar refractivity (Wildman–Crippen MR) is 120 cm³/mol. The molecule has 0 fully saturated rings. The second-order valence-corrected chi connectivity index (χ2v) is 8.86. The summed E-state index contributed by atoms with van der Waals surface area (Å²) in [5.74, 6) is -0.0646. The van der Waals surface area contributed by atoms with Crippen LogP contribution in [0.3, 0.4) is 0 Å². The predicted octanol–water partition coefficient (Wildman–Crippen LogP) is 6.40. The summed E-state index contributed by atoms with van der Waals surface area (Å²) in [7, 11) is 0. The average Bonchev–Trinajstić information content (AvgIpc) is 3.05. The van der Waals surface area contributed by atoms with Gasteiger partial charge in [0.2, 0.25) is 5.91 Å². The summed E-state index contributed by atoms with van der Waals surface area (Å²) in [6, 6.07) is 5.14. The molecule has 0 bridgehead atoms. The lowest BCUT2D eigenvalue weighted by atomic mass is 9.85. The molecule has 0 spiro atoms. The maximum atomic E-state index is 12.6. The number of nitrogens with one attached hydrogen (secondary N) is 1. The number of esters is 1. The second-order valence-electron chi connectivity index (χ2n) is 6.94. The molecular formula is C22H23Cl2NO3S. The van der Waals surface area contributed by atoms with Crippen molar-refractivity contribution in [3.05, 3.63) is 55.9 Å². The van der Waals surface area contributed by atoms with Crippen LogP contribution in [0.5, 0.6) is 0 Å². The molecule has 0 radical (unpaired) electrons. The number of hydrogen-bond acceptors (Lipinski definition) is 4. The molecule has 0 unspecified atom stereocenters. The van der Waals surface area contributed by atoms with Crippen molar-refractivity contribution in [2.75, 3.05) is 11.9 Å². The van der Waals surface area contributed by atoms with Gasteiger partial charge in [0.1, 0.15) is 5.00 Å². The summed E-state index contributed by atoms with van der Waals surface area (Å²) < 4.78 is 5.25. The highest BCUT2D eigenvalue weighted by molar-refractivity contribution is 7.17. The Balaban J connectivity index is 1.82. The highest BCUT2D eigenvalue weighted by atomic mass is 35.5. The molecule has 1 heterocycles. The maximum Gasteiger partial charge on any atom is 0.341 e. The zero-order valence-electron chi connectivity index (χ0n) is 16.4. The standard InChI is InChI=1S/C22H23Cl2NO3S/c1-3-13-5-8-15-18(12-13)29-21(20(15)22(27)28-4-2)25-19(26)10-7-14-6-9-16(23)17(24)11-14/h6-7,9-11,13H,3-5,8,12H2,1-2H3,(H,25,26)/b10-7-/t13-/m0/s1. The molecule has 1 N–H and O–H groups in total. The van der Waals surface area contributed by atoms with Crippen molar-refractivity contribution in [2.24, 2.45) is 5.92 Å². The van der Waals surface area contributed by atoms with E-state index in [0.717, 1.165) is 36.8 Å². The summed E-state index contributed by atoms with van der Waals surface area (Å²) in [5.41, 5.74) is 2.30. The molecule has 1 amide bonds. The third-order valence-electron chi connectivity index (χ3n) is 5.03. The van der Waals surface area contributed by atoms with E-state index >= 15 is 0 Å². The van der Waals surface area contributed by atoms with Gasteiger partial charge in [-0.1, -0.05) is 42.6 Å². The van der Waals surface area contributed by atoms with Gasteiger partial charge in [0.05, 0.1) is 22.2 Å². The Morgan fingerprint density at radius 3 is 2.76 bits per heavy atom. The average molecular weight is 452 g/mol. The van der Waals surface area contributed by atoms with Crippen LogP contribution >= 0.6 is 34.5 Å². The number of halogens is 2. The molecule has 1 aromatic carbocycles. The molecule has 1 aliphatic carbocycles. The van der Waals surface area contributed by atoms with E-state index in [2.05, 4.69) is 12.2 Å². The third-order valence-corrected chi connectivity index (χ3v) is 6.94.